The van der Waals surface area contributed by atoms with Gasteiger partial charge in [0, 0.05) is 24.0 Å². The Morgan fingerprint density at radius 3 is 2.77 bits per heavy atom. The summed E-state index contributed by atoms with van der Waals surface area (Å²) in [5, 5.41) is 3.86. The van der Waals surface area contributed by atoms with Gasteiger partial charge in [-0.2, -0.15) is 0 Å². The summed E-state index contributed by atoms with van der Waals surface area (Å²) in [6.07, 6.45) is 1.02. The molecule has 1 aliphatic rings. The van der Waals surface area contributed by atoms with E-state index in [1.807, 2.05) is 31.2 Å². The Morgan fingerprint density at radius 2 is 1.96 bits per heavy atom. The minimum absolute atomic E-state index is 0.553. The van der Waals surface area contributed by atoms with Gasteiger partial charge in [0.1, 0.15) is 23.2 Å². The summed E-state index contributed by atoms with van der Waals surface area (Å²) in [5.74, 6) is 2.99. The van der Waals surface area contributed by atoms with Crippen LogP contribution in [0.15, 0.2) is 48.5 Å². The summed E-state index contributed by atoms with van der Waals surface area (Å²) in [4.78, 5) is 11.4. The monoisotopic (exact) mass is 366 g/mol. The van der Waals surface area contributed by atoms with Crippen LogP contribution in [0.3, 0.4) is 0 Å². The molecule has 1 aromatic heterocycles. The first-order chi connectivity index (χ1) is 12.6. The number of halogens is 1. The Labute approximate surface area is 157 Å². The third-order valence-electron chi connectivity index (χ3n) is 4.41. The van der Waals surface area contributed by atoms with Gasteiger partial charge in [-0.1, -0.05) is 29.8 Å². The van der Waals surface area contributed by atoms with Crippen molar-refractivity contribution in [3.8, 4) is 5.75 Å². The number of hydrogen-bond donors (Lipinski definition) is 1. The van der Waals surface area contributed by atoms with E-state index in [0.29, 0.717) is 16.6 Å². The van der Waals surface area contributed by atoms with Crippen molar-refractivity contribution < 1.29 is 4.74 Å². The predicted molar refractivity (Wildman–Crippen MR) is 105 cm³/mol. The summed E-state index contributed by atoms with van der Waals surface area (Å²) < 4.78 is 5.20. The molecule has 0 saturated heterocycles. The molecule has 3 aromatic rings. The minimum atomic E-state index is 0.553. The Bertz CT molecular complexity index is 960. The summed E-state index contributed by atoms with van der Waals surface area (Å²) in [6.45, 7) is 2.82. The summed E-state index contributed by atoms with van der Waals surface area (Å²) in [7, 11) is 1.60. The van der Waals surface area contributed by atoms with Crippen molar-refractivity contribution in [2.45, 2.75) is 13.3 Å². The molecular weight excluding hydrogens is 348 g/mol. The molecule has 6 heteroatoms. The van der Waals surface area contributed by atoms with E-state index in [2.05, 4.69) is 44.5 Å². The second-order valence-electron chi connectivity index (χ2n) is 6.16. The van der Waals surface area contributed by atoms with Gasteiger partial charge in [0.2, 0.25) is 0 Å². The fraction of sp³-hybridized carbons (Fsp3) is 0.200. The van der Waals surface area contributed by atoms with Gasteiger partial charge in [-0.25, -0.2) is 9.97 Å². The van der Waals surface area contributed by atoms with E-state index < -0.39 is 0 Å². The number of hydrogen-bond acceptors (Lipinski definition) is 5. The highest BCUT2D eigenvalue weighted by Crippen LogP contribution is 2.34. The Morgan fingerprint density at radius 1 is 1.12 bits per heavy atom. The summed E-state index contributed by atoms with van der Waals surface area (Å²) in [6, 6.07) is 16.0. The zero-order chi connectivity index (χ0) is 18.1. The number of rotatable bonds is 4. The standard InChI is InChI=1S/C20H19ClN4O/c1-13-22-19(24-15-7-8-18(26-2)16(21)11-15)12-20(23-13)25-10-9-14-5-3-4-6-17(14)25/h3-8,11-12H,9-10H2,1-2H3,(H,22,23,24). The number of benzene rings is 2. The molecule has 26 heavy (non-hydrogen) atoms. The first-order valence-corrected chi connectivity index (χ1v) is 8.83. The molecule has 0 saturated carbocycles. The maximum Gasteiger partial charge on any atom is 0.138 e. The van der Waals surface area contributed by atoms with Crippen molar-refractivity contribution in [3.63, 3.8) is 0 Å². The first-order valence-electron chi connectivity index (χ1n) is 8.46. The average Bonchev–Trinajstić information content (AvgIpc) is 3.05. The molecule has 0 amide bonds. The van der Waals surface area contributed by atoms with Crippen LogP contribution in [0.1, 0.15) is 11.4 Å². The van der Waals surface area contributed by atoms with Gasteiger partial charge >= 0.3 is 0 Å². The molecule has 0 atom stereocenters. The van der Waals surface area contributed by atoms with E-state index in [0.717, 1.165) is 30.3 Å². The smallest absolute Gasteiger partial charge is 0.138 e. The van der Waals surface area contributed by atoms with Gasteiger partial charge in [0.25, 0.3) is 0 Å². The molecule has 1 N–H and O–H groups in total. The number of para-hydroxylation sites is 1. The van der Waals surface area contributed by atoms with E-state index in [9.17, 15) is 0 Å². The van der Waals surface area contributed by atoms with Crippen LogP contribution in [0, 0.1) is 6.92 Å². The van der Waals surface area contributed by atoms with E-state index in [1.54, 1.807) is 7.11 Å². The molecule has 132 valence electrons. The molecule has 2 aromatic carbocycles. The number of ether oxygens (including phenoxy) is 1. The van der Waals surface area contributed by atoms with Crippen LogP contribution in [-0.2, 0) is 6.42 Å². The van der Waals surface area contributed by atoms with Gasteiger partial charge in [-0.3, -0.25) is 0 Å². The molecule has 2 heterocycles. The van der Waals surface area contributed by atoms with E-state index >= 15 is 0 Å². The molecule has 0 aliphatic carbocycles. The highest BCUT2D eigenvalue weighted by molar-refractivity contribution is 6.32. The predicted octanol–water partition coefficient (Wildman–Crippen LogP) is 4.88. The lowest BCUT2D eigenvalue weighted by molar-refractivity contribution is 0.415. The third-order valence-corrected chi connectivity index (χ3v) is 4.71. The first kappa shape index (κ1) is 16.7. The van der Waals surface area contributed by atoms with Crippen molar-refractivity contribution in [1.29, 1.82) is 0 Å². The van der Waals surface area contributed by atoms with Gasteiger partial charge in [-0.05, 0) is 43.2 Å². The number of nitrogens with one attached hydrogen (secondary N) is 1. The number of aromatic nitrogens is 2. The molecule has 0 bridgehead atoms. The van der Waals surface area contributed by atoms with Crippen LogP contribution in [0.2, 0.25) is 5.02 Å². The Balaban J connectivity index is 1.64. The lowest BCUT2D eigenvalue weighted by Gasteiger charge is -2.19. The zero-order valence-corrected chi connectivity index (χ0v) is 15.4. The average molecular weight is 367 g/mol. The van der Waals surface area contributed by atoms with Crippen molar-refractivity contribution in [1.82, 2.24) is 9.97 Å². The van der Waals surface area contributed by atoms with Crippen LogP contribution in [0.5, 0.6) is 5.75 Å². The van der Waals surface area contributed by atoms with Gasteiger partial charge in [0.05, 0.1) is 12.1 Å². The normalized spacial score (nSPS) is 12.8. The maximum absolute atomic E-state index is 6.21. The fourth-order valence-corrected chi connectivity index (χ4v) is 3.48. The lowest BCUT2D eigenvalue weighted by Crippen LogP contribution is -2.16. The summed E-state index contributed by atoms with van der Waals surface area (Å²) in [5.41, 5.74) is 3.41. The number of fused-ring (bicyclic) bond motifs is 1. The quantitative estimate of drug-likeness (QED) is 0.712. The van der Waals surface area contributed by atoms with Gasteiger partial charge in [0.15, 0.2) is 0 Å². The van der Waals surface area contributed by atoms with Crippen LogP contribution >= 0.6 is 11.6 Å². The van der Waals surface area contributed by atoms with Crippen LogP contribution in [-0.4, -0.2) is 23.6 Å². The van der Waals surface area contributed by atoms with E-state index in [4.69, 9.17) is 16.3 Å². The number of methoxy groups -OCH3 is 1. The molecule has 4 rings (SSSR count). The van der Waals surface area contributed by atoms with Crippen molar-refractivity contribution in [2.75, 3.05) is 23.9 Å². The van der Waals surface area contributed by atoms with Crippen molar-refractivity contribution in [3.05, 3.63) is 64.9 Å². The van der Waals surface area contributed by atoms with Crippen LogP contribution < -0.4 is 15.0 Å². The second kappa shape index (κ2) is 6.84. The van der Waals surface area contributed by atoms with Gasteiger partial charge in [-0.15, -0.1) is 0 Å². The third kappa shape index (κ3) is 3.18. The van der Waals surface area contributed by atoms with E-state index in [1.165, 1.54) is 11.3 Å². The Kier molecular flexibility index (Phi) is 4.39. The number of anilines is 4. The van der Waals surface area contributed by atoms with Gasteiger partial charge < -0.3 is 15.0 Å². The highest BCUT2D eigenvalue weighted by Gasteiger charge is 2.21. The Hall–Kier alpha value is -2.79. The van der Waals surface area contributed by atoms with E-state index in [-0.39, 0.29) is 0 Å². The largest absolute Gasteiger partial charge is 0.495 e. The molecule has 5 nitrogen and oxygen atoms in total. The minimum Gasteiger partial charge on any atom is -0.495 e. The fourth-order valence-electron chi connectivity index (χ4n) is 3.22. The van der Waals surface area contributed by atoms with Crippen molar-refractivity contribution >= 4 is 34.6 Å². The van der Waals surface area contributed by atoms with Crippen LogP contribution in [0.25, 0.3) is 0 Å². The second-order valence-corrected chi connectivity index (χ2v) is 6.57. The zero-order valence-electron chi connectivity index (χ0n) is 14.7. The SMILES string of the molecule is COc1ccc(Nc2cc(N3CCc4ccccc43)nc(C)n2)cc1Cl. The molecular formula is C20H19ClN4O. The number of nitrogens with zero attached hydrogens (tertiary/aromatic N) is 3. The topological polar surface area (TPSA) is 50.3 Å². The molecule has 1 aliphatic heterocycles. The molecule has 0 unspecified atom stereocenters. The molecule has 0 radical (unpaired) electrons. The summed E-state index contributed by atoms with van der Waals surface area (Å²) >= 11 is 6.21. The maximum atomic E-state index is 6.21. The van der Waals surface area contributed by atoms with Crippen LogP contribution in [0.4, 0.5) is 23.0 Å². The highest BCUT2D eigenvalue weighted by atomic mass is 35.5. The van der Waals surface area contributed by atoms with Crippen molar-refractivity contribution in [2.24, 2.45) is 0 Å². The molecule has 0 spiro atoms. The molecule has 0 fully saturated rings. The lowest BCUT2D eigenvalue weighted by atomic mass is 10.2. The number of aryl methyl sites for hydroxylation is 1.